The van der Waals surface area contributed by atoms with Gasteiger partial charge in [-0.25, -0.2) is 17.9 Å². The predicted octanol–water partition coefficient (Wildman–Crippen LogP) is 3.75. The molecule has 2 rings (SSSR count). The van der Waals surface area contributed by atoms with Crippen molar-refractivity contribution in [1.29, 1.82) is 0 Å². The highest BCUT2D eigenvalue weighted by Crippen LogP contribution is 2.23. The van der Waals surface area contributed by atoms with Gasteiger partial charge in [0, 0.05) is 19.8 Å². The number of nitrogens with one attached hydrogen (secondary N) is 1. The quantitative estimate of drug-likeness (QED) is 0.346. The van der Waals surface area contributed by atoms with Crippen LogP contribution in [0.2, 0.25) is 0 Å². The molecule has 1 saturated carbocycles. The largest absolute Gasteiger partial charge is 0.624 e. The number of aryl methyl sites for hydroxylation is 1. The molecule has 0 radical (unpaired) electrons. The maximum absolute atomic E-state index is 12.7. The van der Waals surface area contributed by atoms with Crippen LogP contribution in [0.4, 0.5) is 0 Å². The minimum absolute atomic E-state index is 0.256. The molecule has 1 N–H and O–H groups in total. The molecule has 0 spiro atoms. The van der Waals surface area contributed by atoms with Crippen LogP contribution in [0, 0.1) is 12.1 Å². The standard InChI is InChI=1S/C19H30N2O3S/c1-4-5-8-16(3)21(22)19-10-7-6-9-18(19)20-25(23,24)17-13-11-15(2)12-14-17/h11-14,18-20H,4-10H2,1-3H3/b21-16-/t18-,19-/m1/s1. The van der Waals surface area contributed by atoms with Crippen molar-refractivity contribution in [3.05, 3.63) is 35.0 Å². The molecule has 0 amide bonds. The summed E-state index contributed by atoms with van der Waals surface area (Å²) in [6.45, 7) is 5.88. The van der Waals surface area contributed by atoms with Gasteiger partial charge in [0.05, 0.1) is 10.9 Å². The third-order valence-corrected chi connectivity index (χ3v) is 6.44. The van der Waals surface area contributed by atoms with E-state index in [0.717, 1.165) is 54.5 Å². The molecule has 0 heterocycles. The van der Waals surface area contributed by atoms with Gasteiger partial charge >= 0.3 is 0 Å². The smallest absolute Gasteiger partial charge is 0.241 e. The van der Waals surface area contributed by atoms with Crippen molar-refractivity contribution >= 4 is 15.7 Å². The molecule has 25 heavy (non-hydrogen) atoms. The number of sulfonamides is 1. The van der Waals surface area contributed by atoms with Crippen molar-refractivity contribution in [2.45, 2.75) is 82.7 Å². The summed E-state index contributed by atoms with van der Waals surface area (Å²) < 4.78 is 29.2. The van der Waals surface area contributed by atoms with Crippen LogP contribution >= 0.6 is 0 Å². The zero-order valence-corrected chi connectivity index (χ0v) is 16.3. The van der Waals surface area contributed by atoms with Gasteiger partial charge in [0.1, 0.15) is 0 Å². The minimum Gasteiger partial charge on any atom is -0.624 e. The molecule has 0 unspecified atom stereocenters. The Labute approximate surface area is 151 Å². The summed E-state index contributed by atoms with van der Waals surface area (Å²) in [6, 6.07) is 6.15. The highest BCUT2D eigenvalue weighted by molar-refractivity contribution is 7.89. The van der Waals surface area contributed by atoms with E-state index in [9.17, 15) is 13.6 Å². The van der Waals surface area contributed by atoms with E-state index in [1.165, 1.54) is 0 Å². The lowest BCUT2D eigenvalue weighted by Crippen LogP contribution is -2.49. The van der Waals surface area contributed by atoms with Crippen LogP contribution in [-0.4, -0.2) is 31.0 Å². The molecule has 0 aliphatic heterocycles. The van der Waals surface area contributed by atoms with Crippen LogP contribution in [0.3, 0.4) is 0 Å². The lowest BCUT2D eigenvalue weighted by Gasteiger charge is -2.31. The molecule has 0 aromatic heterocycles. The molecule has 6 heteroatoms. The first-order valence-corrected chi connectivity index (χ1v) is 10.7. The number of hydroxylamine groups is 1. The Morgan fingerprint density at radius 3 is 2.52 bits per heavy atom. The summed E-state index contributed by atoms with van der Waals surface area (Å²) in [5.74, 6) is 0. The van der Waals surface area contributed by atoms with Gasteiger partial charge in [-0.2, -0.15) is 0 Å². The van der Waals surface area contributed by atoms with Gasteiger partial charge in [0.25, 0.3) is 0 Å². The van der Waals surface area contributed by atoms with Crippen LogP contribution in [0.5, 0.6) is 0 Å². The Hall–Kier alpha value is -1.40. The van der Waals surface area contributed by atoms with Crippen molar-refractivity contribution in [1.82, 2.24) is 4.72 Å². The highest BCUT2D eigenvalue weighted by Gasteiger charge is 2.35. The number of benzene rings is 1. The summed E-state index contributed by atoms with van der Waals surface area (Å²) in [4.78, 5) is 0.256. The summed E-state index contributed by atoms with van der Waals surface area (Å²) in [6.07, 6.45) is 6.14. The van der Waals surface area contributed by atoms with Gasteiger partial charge in [0.2, 0.25) is 10.0 Å². The van der Waals surface area contributed by atoms with Crippen molar-refractivity contribution < 1.29 is 13.2 Å². The van der Waals surface area contributed by atoms with Gasteiger partial charge in [-0.05, 0) is 38.3 Å². The van der Waals surface area contributed by atoms with E-state index < -0.39 is 10.0 Å². The lowest BCUT2D eigenvalue weighted by molar-refractivity contribution is -0.510. The van der Waals surface area contributed by atoms with Crippen LogP contribution in [0.15, 0.2) is 29.2 Å². The average molecular weight is 367 g/mol. The van der Waals surface area contributed by atoms with E-state index >= 15 is 0 Å². The molecular weight excluding hydrogens is 336 g/mol. The second-order valence-electron chi connectivity index (χ2n) is 7.06. The van der Waals surface area contributed by atoms with Gasteiger partial charge < -0.3 is 5.21 Å². The molecule has 0 saturated heterocycles. The topological polar surface area (TPSA) is 72.2 Å². The second-order valence-corrected chi connectivity index (χ2v) is 8.77. The molecule has 1 aromatic rings. The summed E-state index contributed by atoms with van der Waals surface area (Å²) in [5, 5.41) is 12.7. The average Bonchev–Trinajstić information content (AvgIpc) is 2.59. The first kappa shape index (κ1) is 19.9. The zero-order valence-electron chi connectivity index (χ0n) is 15.5. The zero-order chi connectivity index (χ0) is 18.4. The second kappa shape index (κ2) is 8.81. The first-order valence-electron chi connectivity index (χ1n) is 9.23. The van der Waals surface area contributed by atoms with E-state index in [0.29, 0.717) is 6.42 Å². The summed E-state index contributed by atoms with van der Waals surface area (Å²) >= 11 is 0. The van der Waals surface area contributed by atoms with Gasteiger partial charge in [-0.1, -0.05) is 37.5 Å². The molecule has 1 aliphatic rings. The van der Waals surface area contributed by atoms with E-state index in [-0.39, 0.29) is 17.0 Å². The lowest BCUT2D eigenvalue weighted by atomic mass is 9.91. The van der Waals surface area contributed by atoms with Gasteiger partial charge in [-0.3, -0.25) is 0 Å². The van der Waals surface area contributed by atoms with Crippen LogP contribution < -0.4 is 4.72 Å². The molecular formula is C19H30N2O3S. The first-order chi connectivity index (χ1) is 11.8. The molecule has 5 nitrogen and oxygen atoms in total. The Morgan fingerprint density at radius 1 is 1.24 bits per heavy atom. The van der Waals surface area contributed by atoms with Gasteiger partial charge in [-0.15, -0.1) is 0 Å². The Bertz CT molecular complexity index is 696. The van der Waals surface area contributed by atoms with Crippen molar-refractivity contribution in [2.75, 3.05) is 0 Å². The number of rotatable bonds is 7. The fourth-order valence-corrected chi connectivity index (χ4v) is 4.64. The number of hydrogen-bond acceptors (Lipinski definition) is 3. The molecule has 0 bridgehead atoms. The minimum atomic E-state index is -3.61. The molecule has 140 valence electrons. The van der Waals surface area contributed by atoms with Crippen LogP contribution in [-0.2, 0) is 10.0 Å². The Kier molecular flexibility index (Phi) is 7.02. The Morgan fingerprint density at radius 2 is 1.88 bits per heavy atom. The summed E-state index contributed by atoms with van der Waals surface area (Å²) in [7, 11) is -3.61. The summed E-state index contributed by atoms with van der Waals surface area (Å²) in [5.41, 5.74) is 1.81. The SMILES string of the molecule is CCCC/C(C)=[N+](\[O-])[C@@H]1CCCC[C@H]1NS(=O)(=O)c1ccc(C)cc1. The third-order valence-electron chi connectivity index (χ3n) is 4.94. The van der Waals surface area contributed by atoms with E-state index in [4.69, 9.17) is 0 Å². The van der Waals surface area contributed by atoms with Crippen molar-refractivity contribution in [3.63, 3.8) is 0 Å². The van der Waals surface area contributed by atoms with Crippen LogP contribution in [0.25, 0.3) is 0 Å². The fraction of sp³-hybridized carbons (Fsp3) is 0.632. The van der Waals surface area contributed by atoms with E-state index in [1.54, 1.807) is 24.3 Å². The van der Waals surface area contributed by atoms with Crippen molar-refractivity contribution in [2.24, 2.45) is 0 Å². The van der Waals surface area contributed by atoms with Gasteiger partial charge in [0.15, 0.2) is 11.8 Å². The number of nitrogens with zero attached hydrogens (tertiary/aromatic N) is 1. The highest BCUT2D eigenvalue weighted by atomic mass is 32.2. The van der Waals surface area contributed by atoms with Crippen molar-refractivity contribution in [3.8, 4) is 0 Å². The monoisotopic (exact) mass is 366 g/mol. The normalized spacial score (nSPS) is 22.5. The fourth-order valence-electron chi connectivity index (χ4n) is 3.34. The van der Waals surface area contributed by atoms with E-state index in [1.807, 2.05) is 13.8 Å². The Balaban J connectivity index is 2.19. The number of hydrogen-bond donors (Lipinski definition) is 1. The van der Waals surface area contributed by atoms with Crippen LogP contribution in [0.1, 0.15) is 64.4 Å². The maximum Gasteiger partial charge on any atom is 0.241 e. The number of unbranched alkanes of at least 4 members (excludes halogenated alkanes) is 1. The third kappa shape index (κ3) is 5.28. The van der Waals surface area contributed by atoms with E-state index in [2.05, 4.69) is 11.6 Å². The molecule has 1 fully saturated rings. The molecule has 2 atom stereocenters. The maximum atomic E-state index is 12.7. The molecule has 1 aliphatic carbocycles. The molecule has 1 aromatic carbocycles. The predicted molar refractivity (Wildman–Crippen MR) is 101 cm³/mol.